The van der Waals surface area contributed by atoms with Crippen molar-refractivity contribution in [3.63, 3.8) is 0 Å². The minimum Gasteiger partial charge on any atom is -0.469 e. The average molecular weight is 441 g/mol. The highest BCUT2D eigenvalue weighted by Gasteiger charge is 2.52. The third-order valence-corrected chi connectivity index (χ3v) is 11.3. The van der Waals surface area contributed by atoms with Gasteiger partial charge in [0.25, 0.3) is 8.32 Å². The molecule has 6 heteroatoms. The minimum absolute atomic E-state index is 0.137. The van der Waals surface area contributed by atoms with Gasteiger partial charge < -0.3 is 13.9 Å². The number of hydrogen-bond acceptors (Lipinski definition) is 5. The molecule has 0 bridgehead atoms. The first kappa shape index (κ1) is 23.2. The molecule has 0 amide bonds. The van der Waals surface area contributed by atoms with Gasteiger partial charge in [-0.2, -0.15) is 0 Å². The van der Waals surface area contributed by atoms with E-state index in [2.05, 4.69) is 45.0 Å². The molecule has 0 aromatic heterocycles. The minimum atomic E-state index is -2.75. The molecule has 5 nitrogen and oxygen atoms in total. The Morgan fingerprint density at radius 1 is 1.00 bits per heavy atom. The van der Waals surface area contributed by atoms with Crippen molar-refractivity contribution in [2.45, 2.75) is 45.3 Å². The molecule has 0 spiro atoms. The van der Waals surface area contributed by atoms with Crippen LogP contribution >= 0.6 is 0 Å². The van der Waals surface area contributed by atoms with E-state index in [0.29, 0.717) is 0 Å². The van der Waals surface area contributed by atoms with E-state index in [-0.39, 0.29) is 41.8 Å². The maximum absolute atomic E-state index is 12.3. The van der Waals surface area contributed by atoms with Crippen molar-refractivity contribution in [2.75, 3.05) is 13.7 Å². The first-order valence-electron chi connectivity index (χ1n) is 10.7. The molecular weight excluding hydrogens is 408 g/mol. The molecule has 0 saturated carbocycles. The Bertz CT molecular complexity index is 852. The highest BCUT2D eigenvalue weighted by molar-refractivity contribution is 6.99. The zero-order valence-electron chi connectivity index (χ0n) is 19.0. The third kappa shape index (κ3) is 4.60. The van der Waals surface area contributed by atoms with E-state index in [1.165, 1.54) is 7.11 Å². The van der Waals surface area contributed by atoms with Crippen molar-refractivity contribution in [3.05, 3.63) is 60.7 Å². The lowest BCUT2D eigenvalue weighted by Gasteiger charge is -2.43. The first-order chi connectivity index (χ1) is 14.7. The van der Waals surface area contributed by atoms with Crippen LogP contribution in [0.5, 0.6) is 0 Å². The van der Waals surface area contributed by atoms with E-state index in [4.69, 9.17) is 13.9 Å². The zero-order valence-corrected chi connectivity index (χ0v) is 20.0. The number of cyclic esters (lactones) is 1. The molecule has 1 saturated heterocycles. The fourth-order valence-electron chi connectivity index (χ4n) is 4.55. The van der Waals surface area contributed by atoms with Crippen molar-refractivity contribution >= 4 is 30.6 Å². The van der Waals surface area contributed by atoms with Gasteiger partial charge in [0.15, 0.2) is 0 Å². The molecule has 166 valence electrons. The highest BCUT2D eigenvalue weighted by Crippen LogP contribution is 2.38. The average Bonchev–Trinajstić information content (AvgIpc) is 3.02. The molecule has 1 fully saturated rings. The molecule has 0 unspecified atom stereocenters. The Balaban J connectivity index is 2.00. The van der Waals surface area contributed by atoms with Crippen LogP contribution in [0.4, 0.5) is 0 Å². The number of benzene rings is 2. The van der Waals surface area contributed by atoms with Gasteiger partial charge in [0.2, 0.25) is 0 Å². The van der Waals surface area contributed by atoms with Gasteiger partial charge in [-0.15, -0.1) is 0 Å². The monoisotopic (exact) mass is 440 g/mol. The van der Waals surface area contributed by atoms with Crippen molar-refractivity contribution in [3.8, 4) is 0 Å². The van der Waals surface area contributed by atoms with E-state index in [0.717, 1.165) is 10.4 Å². The molecule has 0 radical (unpaired) electrons. The largest absolute Gasteiger partial charge is 0.469 e. The zero-order chi connectivity index (χ0) is 22.6. The first-order valence-corrected chi connectivity index (χ1v) is 12.6. The van der Waals surface area contributed by atoms with Gasteiger partial charge in [0.1, 0.15) is 6.10 Å². The fraction of sp³-hybridized carbons (Fsp3) is 0.440. The number of carbonyl (C=O) groups is 2. The maximum Gasteiger partial charge on any atom is 0.309 e. The molecule has 2 aromatic carbocycles. The second kappa shape index (κ2) is 9.36. The van der Waals surface area contributed by atoms with Crippen molar-refractivity contribution in [1.82, 2.24) is 0 Å². The van der Waals surface area contributed by atoms with E-state index in [9.17, 15) is 9.59 Å². The lowest BCUT2D eigenvalue weighted by atomic mass is 9.89. The summed E-state index contributed by atoms with van der Waals surface area (Å²) in [5.41, 5.74) is 0. The predicted octanol–water partition coefficient (Wildman–Crippen LogP) is 3.30. The van der Waals surface area contributed by atoms with Crippen LogP contribution in [-0.4, -0.2) is 40.1 Å². The van der Waals surface area contributed by atoms with E-state index in [1.54, 1.807) is 6.92 Å². The molecule has 1 aliphatic rings. The predicted molar refractivity (Wildman–Crippen MR) is 123 cm³/mol. The van der Waals surface area contributed by atoms with Crippen LogP contribution in [-0.2, 0) is 23.5 Å². The molecule has 1 aliphatic heterocycles. The topological polar surface area (TPSA) is 61.8 Å². The molecule has 0 N–H and O–H groups in total. The quantitative estimate of drug-likeness (QED) is 0.488. The van der Waals surface area contributed by atoms with Gasteiger partial charge in [0, 0.05) is 5.92 Å². The van der Waals surface area contributed by atoms with Gasteiger partial charge in [-0.3, -0.25) is 9.59 Å². The van der Waals surface area contributed by atoms with Crippen LogP contribution in [0.15, 0.2) is 60.7 Å². The van der Waals surface area contributed by atoms with Gasteiger partial charge in [-0.05, 0) is 15.4 Å². The Hall–Kier alpha value is -2.44. The number of methoxy groups -OCH3 is 1. The number of hydrogen-bond donors (Lipinski definition) is 0. The van der Waals surface area contributed by atoms with Crippen LogP contribution in [0.3, 0.4) is 0 Å². The van der Waals surface area contributed by atoms with Crippen LogP contribution < -0.4 is 10.4 Å². The van der Waals surface area contributed by atoms with Crippen LogP contribution in [0.25, 0.3) is 0 Å². The number of esters is 2. The summed E-state index contributed by atoms with van der Waals surface area (Å²) in [6, 6.07) is 20.6. The molecular formula is C25H32O5Si. The second-order valence-corrected chi connectivity index (χ2v) is 13.5. The Morgan fingerprint density at radius 2 is 1.52 bits per heavy atom. The summed E-state index contributed by atoms with van der Waals surface area (Å²) in [4.78, 5) is 24.3. The maximum atomic E-state index is 12.3. The fourth-order valence-corrected chi connectivity index (χ4v) is 9.12. The summed E-state index contributed by atoms with van der Waals surface area (Å²) < 4.78 is 17.4. The van der Waals surface area contributed by atoms with E-state index < -0.39 is 14.4 Å². The van der Waals surface area contributed by atoms with Gasteiger partial charge in [-0.25, -0.2) is 0 Å². The molecule has 0 aliphatic carbocycles. The summed E-state index contributed by atoms with van der Waals surface area (Å²) in [5.74, 6) is -1.26. The Kier molecular flexibility index (Phi) is 7.02. The third-order valence-electron chi connectivity index (χ3n) is 6.27. The molecule has 3 atom stereocenters. The van der Waals surface area contributed by atoms with Crippen LogP contribution in [0, 0.1) is 11.8 Å². The molecule has 1 heterocycles. The summed E-state index contributed by atoms with van der Waals surface area (Å²) in [7, 11) is -1.39. The number of rotatable bonds is 7. The normalized spacial score (nSPS) is 21.6. The van der Waals surface area contributed by atoms with E-state index >= 15 is 0 Å². The SMILES string of the molecule is COC(=O)C[C@H]1[C@H](CO[Si](c2ccccc2)(c2ccccc2)C(C)(C)C)OC(=O)[C@H]1C. The van der Waals surface area contributed by atoms with Crippen molar-refractivity contribution in [2.24, 2.45) is 11.8 Å². The molecule has 3 rings (SSSR count). The number of ether oxygens (including phenoxy) is 2. The standard InChI is InChI=1S/C25H32O5Si/c1-18-21(16-23(26)28-5)22(30-24(18)27)17-29-31(25(2,3)4,19-12-8-6-9-13-19)20-14-10-7-11-15-20/h6-15,18,21-22H,16-17H2,1-5H3/t18-,21+,22-/m0/s1. The summed E-state index contributed by atoms with van der Waals surface area (Å²) in [6.45, 7) is 8.65. The summed E-state index contributed by atoms with van der Waals surface area (Å²) in [6.07, 6.45) is -0.346. The summed E-state index contributed by atoms with van der Waals surface area (Å²) in [5, 5.41) is 2.15. The second-order valence-electron chi connectivity index (χ2n) is 9.18. The smallest absolute Gasteiger partial charge is 0.309 e. The van der Waals surface area contributed by atoms with Gasteiger partial charge in [0.05, 0.1) is 26.1 Å². The molecule has 31 heavy (non-hydrogen) atoms. The Labute approximate surface area is 185 Å². The van der Waals surface area contributed by atoms with Crippen molar-refractivity contribution < 1.29 is 23.5 Å². The lowest BCUT2D eigenvalue weighted by Crippen LogP contribution is -2.67. The molecule has 2 aromatic rings. The van der Waals surface area contributed by atoms with E-state index in [1.807, 2.05) is 36.4 Å². The van der Waals surface area contributed by atoms with Crippen LogP contribution in [0.2, 0.25) is 5.04 Å². The van der Waals surface area contributed by atoms with Crippen LogP contribution in [0.1, 0.15) is 34.1 Å². The Morgan fingerprint density at radius 3 is 1.97 bits per heavy atom. The van der Waals surface area contributed by atoms with Crippen molar-refractivity contribution in [1.29, 1.82) is 0 Å². The number of carbonyl (C=O) groups excluding carboxylic acids is 2. The van der Waals surface area contributed by atoms with Gasteiger partial charge in [-0.1, -0.05) is 88.4 Å². The summed E-state index contributed by atoms with van der Waals surface area (Å²) >= 11 is 0. The van der Waals surface area contributed by atoms with Gasteiger partial charge >= 0.3 is 11.9 Å². The lowest BCUT2D eigenvalue weighted by molar-refractivity contribution is -0.145. The highest BCUT2D eigenvalue weighted by atomic mass is 28.4.